The number of hydrogen-bond acceptors (Lipinski definition) is 3. The van der Waals surface area contributed by atoms with Crippen LogP contribution in [-0.2, 0) is 10.0 Å². The fourth-order valence-corrected chi connectivity index (χ4v) is 3.54. The van der Waals surface area contributed by atoms with Crippen LogP contribution < -0.4 is 4.72 Å². The molecule has 1 aromatic heterocycles. The average molecular weight is 285 g/mol. The molecule has 0 radical (unpaired) electrons. The summed E-state index contributed by atoms with van der Waals surface area (Å²) < 4.78 is 39.3. The number of nitrogens with one attached hydrogen (secondary N) is 1. The van der Waals surface area contributed by atoms with Gasteiger partial charge in [0.25, 0.3) is 0 Å². The van der Waals surface area contributed by atoms with Crippen LogP contribution in [0.3, 0.4) is 0 Å². The highest BCUT2D eigenvalue weighted by molar-refractivity contribution is 7.89. The number of rotatable bonds is 4. The summed E-state index contributed by atoms with van der Waals surface area (Å²) in [5.41, 5.74) is 0. The fraction of sp³-hybridized carbons (Fsp3) is 0.167. The lowest BCUT2D eigenvalue weighted by Crippen LogP contribution is -2.26. The summed E-state index contributed by atoms with van der Waals surface area (Å²) >= 11 is 1.48. The highest BCUT2D eigenvalue weighted by Gasteiger charge is 2.18. The van der Waals surface area contributed by atoms with E-state index in [9.17, 15) is 12.8 Å². The van der Waals surface area contributed by atoms with Crippen LogP contribution in [0.2, 0.25) is 0 Å². The lowest BCUT2D eigenvalue weighted by atomic mass is 10.3. The third-order valence-electron chi connectivity index (χ3n) is 2.43. The van der Waals surface area contributed by atoms with Crippen molar-refractivity contribution in [1.82, 2.24) is 4.72 Å². The van der Waals surface area contributed by atoms with Crippen LogP contribution in [0.25, 0.3) is 0 Å². The van der Waals surface area contributed by atoms with E-state index in [1.165, 1.54) is 23.5 Å². The Labute approximate surface area is 109 Å². The maximum absolute atomic E-state index is 12.7. The van der Waals surface area contributed by atoms with Crippen LogP contribution in [0.4, 0.5) is 4.39 Å². The van der Waals surface area contributed by atoms with Gasteiger partial charge in [0, 0.05) is 4.88 Å². The maximum atomic E-state index is 12.7. The normalized spacial score (nSPS) is 13.4. The molecular weight excluding hydrogens is 273 g/mol. The molecule has 0 amide bonds. The lowest BCUT2D eigenvalue weighted by Gasteiger charge is -2.12. The lowest BCUT2D eigenvalue weighted by molar-refractivity contribution is 0.568. The minimum absolute atomic E-state index is 0.0623. The standard InChI is InChI=1S/C12H12FNO2S2/c1-9(12-3-2-8-17-12)14-18(15,16)11-6-4-10(13)5-7-11/h2-9,14H,1H3/t9-/m0/s1. The molecule has 2 aromatic rings. The van der Waals surface area contributed by atoms with Crippen molar-refractivity contribution in [2.45, 2.75) is 17.9 Å². The molecule has 0 bridgehead atoms. The highest BCUT2D eigenvalue weighted by atomic mass is 32.2. The van der Waals surface area contributed by atoms with Gasteiger partial charge in [0.2, 0.25) is 10.0 Å². The number of sulfonamides is 1. The summed E-state index contributed by atoms with van der Waals surface area (Å²) in [5, 5.41) is 1.89. The summed E-state index contributed by atoms with van der Waals surface area (Å²) in [6, 6.07) is 8.18. The molecule has 96 valence electrons. The van der Waals surface area contributed by atoms with E-state index in [0.717, 1.165) is 17.0 Å². The van der Waals surface area contributed by atoms with Gasteiger partial charge in [-0.2, -0.15) is 0 Å². The van der Waals surface area contributed by atoms with Crippen LogP contribution >= 0.6 is 11.3 Å². The molecule has 0 spiro atoms. The number of thiophene rings is 1. The van der Waals surface area contributed by atoms with Gasteiger partial charge < -0.3 is 0 Å². The van der Waals surface area contributed by atoms with E-state index in [0.29, 0.717) is 0 Å². The molecule has 1 heterocycles. The van der Waals surface area contributed by atoms with Gasteiger partial charge in [-0.1, -0.05) is 6.07 Å². The van der Waals surface area contributed by atoms with Crippen LogP contribution in [0, 0.1) is 5.82 Å². The molecule has 1 N–H and O–H groups in total. The molecule has 1 aromatic carbocycles. The predicted octanol–water partition coefficient (Wildman–Crippen LogP) is 2.93. The zero-order valence-corrected chi connectivity index (χ0v) is 11.3. The first-order valence-electron chi connectivity index (χ1n) is 5.30. The van der Waals surface area contributed by atoms with Crippen LogP contribution in [0.1, 0.15) is 17.8 Å². The number of benzene rings is 1. The Kier molecular flexibility index (Phi) is 3.79. The van der Waals surface area contributed by atoms with E-state index in [1.807, 2.05) is 17.5 Å². The van der Waals surface area contributed by atoms with E-state index in [4.69, 9.17) is 0 Å². The zero-order valence-electron chi connectivity index (χ0n) is 9.63. The second kappa shape index (κ2) is 5.17. The van der Waals surface area contributed by atoms with Crippen LogP contribution in [0.5, 0.6) is 0 Å². The third-order valence-corrected chi connectivity index (χ3v) is 5.04. The quantitative estimate of drug-likeness (QED) is 0.939. The summed E-state index contributed by atoms with van der Waals surface area (Å²) in [4.78, 5) is 0.994. The Morgan fingerprint density at radius 2 is 1.89 bits per heavy atom. The molecule has 1 atom stereocenters. The van der Waals surface area contributed by atoms with Gasteiger partial charge in [0.1, 0.15) is 5.82 Å². The van der Waals surface area contributed by atoms with Crippen LogP contribution in [-0.4, -0.2) is 8.42 Å². The van der Waals surface area contributed by atoms with Crippen molar-refractivity contribution in [3.8, 4) is 0 Å². The summed E-state index contributed by atoms with van der Waals surface area (Å²) in [5.74, 6) is -0.458. The zero-order chi connectivity index (χ0) is 13.2. The van der Waals surface area contributed by atoms with E-state index in [2.05, 4.69) is 4.72 Å². The summed E-state index contributed by atoms with van der Waals surface area (Å²) in [6.07, 6.45) is 0. The SMILES string of the molecule is C[C@H](NS(=O)(=O)c1ccc(F)cc1)c1cccs1. The average Bonchev–Trinajstić information content (AvgIpc) is 2.82. The minimum Gasteiger partial charge on any atom is -0.207 e. The third kappa shape index (κ3) is 2.95. The molecule has 0 saturated heterocycles. The Balaban J connectivity index is 2.20. The molecule has 6 heteroatoms. The van der Waals surface area contributed by atoms with E-state index in [-0.39, 0.29) is 10.9 Å². The van der Waals surface area contributed by atoms with E-state index >= 15 is 0 Å². The van der Waals surface area contributed by atoms with Crippen molar-refractivity contribution < 1.29 is 12.8 Å². The van der Waals surface area contributed by atoms with E-state index in [1.54, 1.807) is 6.92 Å². The van der Waals surface area contributed by atoms with Gasteiger partial charge in [0.05, 0.1) is 10.9 Å². The van der Waals surface area contributed by atoms with Crippen molar-refractivity contribution in [2.24, 2.45) is 0 Å². The molecule has 0 fully saturated rings. The molecule has 0 saturated carbocycles. The molecule has 0 aliphatic carbocycles. The molecule has 2 rings (SSSR count). The maximum Gasteiger partial charge on any atom is 0.241 e. The van der Waals surface area contributed by atoms with Crippen molar-refractivity contribution in [1.29, 1.82) is 0 Å². The van der Waals surface area contributed by atoms with Crippen molar-refractivity contribution in [2.75, 3.05) is 0 Å². The first-order valence-corrected chi connectivity index (χ1v) is 7.66. The molecule has 18 heavy (non-hydrogen) atoms. The molecule has 3 nitrogen and oxygen atoms in total. The van der Waals surface area contributed by atoms with Crippen molar-refractivity contribution >= 4 is 21.4 Å². The van der Waals surface area contributed by atoms with Gasteiger partial charge in [-0.05, 0) is 42.6 Å². The largest absolute Gasteiger partial charge is 0.241 e. The first kappa shape index (κ1) is 13.2. The van der Waals surface area contributed by atoms with Gasteiger partial charge in [0.15, 0.2) is 0 Å². The Bertz CT molecular complexity index is 606. The Hall–Kier alpha value is -1.24. The smallest absolute Gasteiger partial charge is 0.207 e. The van der Waals surface area contributed by atoms with Gasteiger partial charge >= 0.3 is 0 Å². The van der Waals surface area contributed by atoms with Crippen molar-refractivity contribution in [3.05, 3.63) is 52.5 Å². The fourth-order valence-electron chi connectivity index (χ4n) is 1.51. The molecule has 0 aliphatic rings. The second-order valence-corrected chi connectivity index (χ2v) is 6.51. The highest BCUT2D eigenvalue weighted by Crippen LogP contribution is 2.21. The monoisotopic (exact) mass is 285 g/mol. The number of halogens is 1. The first-order chi connectivity index (χ1) is 8.49. The van der Waals surface area contributed by atoms with Crippen LogP contribution in [0.15, 0.2) is 46.7 Å². The summed E-state index contributed by atoms with van der Waals surface area (Å²) in [7, 11) is -3.61. The molecule has 0 unspecified atom stereocenters. The molecular formula is C12H12FNO2S2. The van der Waals surface area contributed by atoms with Gasteiger partial charge in [-0.3, -0.25) is 0 Å². The Morgan fingerprint density at radius 1 is 1.22 bits per heavy atom. The van der Waals surface area contributed by atoms with Gasteiger partial charge in [-0.25, -0.2) is 17.5 Å². The van der Waals surface area contributed by atoms with E-state index < -0.39 is 15.8 Å². The molecule has 0 aliphatic heterocycles. The predicted molar refractivity (Wildman–Crippen MR) is 69.5 cm³/mol. The topological polar surface area (TPSA) is 46.2 Å². The number of hydrogen-bond donors (Lipinski definition) is 1. The summed E-state index contributed by atoms with van der Waals surface area (Å²) in [6.45, 7) is 1.77. The van der Waals surface area contributed by atoms with Gasteiger partial charge in [-0.15, -0.1) is 11.3 Å². The second-order valence-electron chi connectivity index (χ2n) is 3.81. The van der Waals surface area contributed by atoms with Crippen molar-refractivity contribution in [3.63, 3.8) is 0 Å². The Morgan fingerprint density at radius 3 is 2.44 bits per heavy atom. The minimum atomic E-state index is -3.61.